The fraction of sp³-hybridized carbons (Fsp3) is 0.812. The average Bonchev–Trinajstić information content (AvgIpc) is 2.73. The Labute approximate surface area is 137 Å². The standard InChI is InChI=1S/C16H29NO2S2/c1-3-5-7-9-11-20-13-14(16(19)17-15(13)18)21-12-10-8-6-4-2/h3,13-15,18H,1,4-12H2,2H3,(H,17,19). The van der Waals surface area contributed by atoms with Gasteiger partial charge in [0.25, 0.3) is 0 Å². The number of aliphatic hydroxyl groups is 1. The van der Waals surface area contributed by atoms with Crippen molar-refractivity contribution >= 4 is 29.4 Å². The van der Waals surface area contributed by atoms with Gasteiger partial charge in [-0.2, -0.15) is 11.8 Å². The zero-order valence-corrected chi connectivity index (χ0v) is 14.7. The molecule has 122 valence electrons. The van der Waals surface area contributed by atoms with Gasteiger partial charge in [0.1, 0.15) is 6.23 Å². The minimum absolute atomic E-state index is 0.00240. The predicted molar refractivity (Wildman–Crippen MR) is 94.8 cm³/mol. The van der Waals surface area contributed by atoms with Crippen molar-refractivity contribution in [3.8, 4) is 0 Å². The Morgan fingerprint density at radius 2 is 1.90 bits per heavy atom. The third kappa shape index (κ3) is 7.11. The molecule has 0 aromatic rings. The average molecular weight is 332 g/mol. The highest BCUT2D eigenvalue weighted by atomic mass is 32.2. The minimum atomic E-state index is -0.685. The van der Waals surface area contributed by atoms with Crippen molar-refractivity contribution < 1.29 is 9.90 Å². The lowest BCUT2D eigenvalue weighted by Crippen LogP contribution is -2.30. The summed E-state index contributed by atoms with van der Waals surface area (Å²) in [5, 5.41) is 12.6. The summed E-state index contributed by atoms with van der Waals surface area (Å²) in [7, 11) is 0. The molecule has 2 N–H and O–H groups in total. The summed E-state index contributed by atoms with van der Waals surface area (Å²) < 4.78 is 0. The molecule has 3 nitrogen and oxygen atoms in total. The molecule has 21 heavy (non-hydrogen) atoms. The van der Waals surface area contributed by atoms with Crippen LogP contribution in [-0.4, -0.2) is 39.2 Å². The van der Waals surface area contributed by atoms with Crippen LogP contribution in [0.3, 0.4) is 0 Å². The number of nitrogens with one attached hydrogen (secondary N) is 1. The zero-order valence-electron chi connectivity index (χ0n) is 13.1. The summed E-state index contributed by atoms with van der Waals surface area (Å²) in [6, 6.07) is 0. The molecule has 0 aromatic carbocycles. The van der Waals surface area contributed by atoms with Crippen LogP contribution < -0.4 is 5.32 Å². The van der Waals surface area contributed by atoms with E-state index in [1.165, 1.54) is 19.3 Å². The molecule has 5 heteroatoms. The summed E-state index contributed by atoms with van der Waals surface area (Å²) in [5.41, 5.74) is 0. The number of unbranched alkanes of at least 4 members (excludes halogenated alkanes) is 5. The second-order valence-corrected chi connectivity index (χ2v) is 7.96. The first kappa shape index (κ1) is 18.9. The third-order valence-corrected chi connectivity index (χ3v) is 6.57. The summed E-state index contributed by atoms with van der Waals surface area (Å²) >= 11 is 3.45. The van der Waals surface area contributed by atoms with Gasteiger partial charge in [-0.05, 0) is 37.2 Å². The van der Waals surface area contributed by atoms with Gasteiger partial charge in [-0.3, -0.25) is 4.79 Å². The molecule has 1 fully saturated rings. The number of allylic oxidation sites excluding steroid dienone is 1. The fourth-order valence-electron chi connectivity index (χ4n) is 2.32. The second-order valence-electron chi connectivity index (χ2n) is 5.43. The highest BCUT2D eigenvalue weighted by molar-refractivity contribution is 8.04. The molecule has 3 unspecified atom stereocenters. The Hall–Kier alpha value is -0.130. The molecule has 0 aromatic heterocycles. The van der Waals surface area contributed by atoms with Gasteiger partial charge in [0.15, 0.2) is 0 Å². The van der Waals surface area contributed by atoms with E-state index >= 15 is 0 Å². The van der Waals surface area contributed by atoms with E-state index in [1.807, 2.05) is 6.08 Å². The molecular weight excluding hydrogens is 302 g/mol. The molecule has 0 radical (unpaired) electrons. The molecule has 0 saturated carbocycles. The molecule has 0 aliphatic carbocycles. The predicted octanol–water partition coefficient (Wildman–Crippen LogP) is 3.57. The van der Waals surface area contributed by atoms with Crippen LogP contribution in [0.1, 0.15) is 51.9 Å². The number of rotatable bonds is 12. The van der Waals surface area contributed by atoms with Crippen molar-refractivity contribution in [3.63, 3.8) is 0 Å². The van der Waals surface area contributed by atoms with Gasteiger partial charge < -0.3 is 10.4 Å². The molecule has 1 amide bonds. The smallest absolute Gasteiger partial charge is 0.236 e. The normalized spacial score (nSPS) is 25.0. The lowest BCUT2D eigenvalue weighted by Gasteiger charge is -2.18. The van der Waals surface area contributed by atoms with Gasteiger partial charge >= 0.3 is 0 Å². The van der Waals surface area contributed by atoms with Crippen molar-refractivity contribution in [1.82, 2.24) is 5.32 Å². The lowest BCUT2D eigenvalue weighted by atomic mass is 10.2. The molecule has 1 rings (SSSR count). The zero-order chi connectivity index (χ0) is 15.5. The van der Waals surface area contributed by atoms with Gasteiger partial charge in [-0.1, -0.05) is 32.3 Å². The molecule has 1 saturated heterocycles. The third-order valence-electron chi connectivity index (χ3n) is 3.57. The Morgan fingerprint density at radius 3 is 2.62 bits per heavy atom. The van der Waals surface area contributed by atoms with Crippen molar-refractivity contribution in [2.45, 2.75) is 68.6 Å². The van der Waals surface area contributed by atoms with E-state index < -0.39 is 6.23 Å². The van der Waals surface area contributed by atoms with Gasteiger partial charge in [0, 0.05) is 0 Å². The number of hydrogen-bond acceptors (Lipinski definition) is 4. The highest BCUT2D eigenvalue weighted by Gasteiger charge is 2.41. The van der Waals surface area contributed by atoms with Gasteiger partial charge in [0.2, 0.25) is 5.91 Å². The van der Waals surface area contributed by atoms with Crippen LogP contribution in [0.4, 0.5) is 0 Å². The van der Waals surface area contributed by atoms with Crippen LogP contribution in [0.25, 0.3) is 0 Å². The second kappa shape index (κ2) is 11.4. The number of amides is 1. The largest absolute Gasteiger partial charge is 0.372 e. The van der Waals surface area contributed by atoms with Crippen molar-refractivity contribution in [1.29, 1.82) is 0 Å². The lowest BCUT2D eigenvalue weighted by molar-refractivity contribution is -0.119. The fourth-order valence-corrected chi connectivity index (χ4v) is 5.17. The summed E-state index contributed by atoms with van der Waals surface area (Å²) in [4.78, 5) is 11.9. The van der Waals surface area contributed by atoms with E-state index in [1.54, 1.807) is 23.5 Å². The van der Waals surface area contributed by atoms with Gasteiger partial charge in [-0.25, -0.2) is 0 Å². The van der Waals surface area contributed by atoms with Crippen molar-refractivity contribution in [3.05, 3.63) is 12.7 Å². The van der Waals surface area contributed by atoms with Crippen LogP contribution in [0, 0.1) is 0 Å². The maximum absolute atomic E-state index is 11.9. The summed E-state index contributed by atoms with van der Waals surface area (Å²) in [6.07, 6.45) is 9.44. The molecule has 1 aliphatic rings. The number of carbonyl (C=O) groups excluding carboxylic acids is 1. The molecule has 3 atom stereocenters. The number of carbonyl (C=O) groups is 1. The van der Waals surface area contributed by atoms with Gasteiger partial charge in [-0.15, -0.1) is 18.3 Å². The van der Waals surface area contributed by atoms with Crippen molar-refractivity contribution in [2.75, 3.05) is 11.5 Å². The first-order valence-electron chi connectivity index (χ1n) is 8.03. The molecule has 1 aliphatic heterocycles. The number of aliphatic hydroxyl groups excluding tert-OH is 1. The van der Waals surface area contributed by atoms with Crippen molar-refractivity contribution in [2.24, 2.45) is 0 Å². The first-order valence-corrected chi connectivity index (χ1v) is 10.1. The number of hydrogen-bond donors (Lipinski definition) is 2. The minimum Gasteiger partial charge on any atom is -0.372 e. The highest BCUT2D eigenvalue weighted by Crippen LogP contribution is 2.32. The number of thioether (sulfide) groups is 2. The van der Waals surface area contributed by atoms with E-state index in [0.717, 1.165) is 37.2 Å². The first-order chi connectivity index (χ1) is 10.2. The Balaban J connectivity index is 2.28. The SMILES string of the molecule is C=CCCCCSC1C(O)NC(=O)C1SCCCCCC. The maximum Gasteiger partial charge on any atom is 0.236 e. The van der Waals surface area contributed by atoms with Crippen LogP contribution in [-0.2, 0) is 4.79 Å². The van der Waals surface area contributed by atoms with E-state index in [0.29, 0.717) is 0 Å². The van der Waals surface area contributed by atoms with E-state index in [-0.39, 0.29) is 16.4 Å². The summed E-state index contributed by atoms with van der Waals surface area (Å²) in [6.45, 7) is 5.92. The van der Waals surface area contributed by atoms with Crippen LogP contribution >= 0.6 is 23.5 Å². The van der Waals surface area contributed by atoms with Crippen LogP contribution in [0.2, 0.25) is 0 Å². The Bertz CT molecular complexity index is 313. The van der Waals surface area contributed by atoms with E-state index in [2.05, 4.69) is 18.8 Å². The van der Waals surface area contributed by atoms with E-state index in [9.17, 15) is 9.90 Å². The Morgan fingerprint density at radius 1 is 1.19 bits per heavy atom. The molecule has 0 spiro atoms. The molecule has 0 bridgehead atoms. The molecule has 1 heterocycles. The Kier molecular flexibility index (Phi) is 10.3. The van der Waals surface area contributed by atoms with E-state index in [4.69, 9.17) is 0 Å². The molecular formula is C16H29NO2S2. The monoisotopic (exact) mass is 331 g/mol. The maximum atomic E-state index is 11.9. The van der Waals surface area contributed by atoms with Gasteiger partial charge in [0.05, 0.1) is 10.5 Å². The summed E-state index contributed by atoms with van der Waals surface area (Å²) in [5.74, 6) is 2.02. The van der Waals surface area contributed by atoms with Crippen LogP contribution in [0.5, 0.6) is 0 Å². The topological polar surface area (TPSA) is 49.3 Å². The quantitative estimate of drug-likeness (QED) is 0.424. The van der Waals surface area contributed by atoms with Crippen LogP contribution in [0.15, 0.2) is 12.7 Å².